The number of hydrogen-bond donors (Lipinski definition) is 0. The summed E-state index contributed by atoms with van der Waals surface area (Å²) in [4.78, 5) is 10.7. The van der Waals surface area contributed by atoms with Gasteiger partial charge in [0.05, 0.1) is 6.10 Å². The highest BCUT2D eigenvalue weighted by Gasteiger charge is 2.31. The lowest BCUT2D eigenvalue weighted by atomic mass is 10.1. The van der Waals surface area contributed by atoms with Crippen LogP contribution in [0.15, 0.2) is 0 Å². The van der Waals surface area contributed by atoms with Crippen molar-refractivity contribution < 1.29 is 9.22 Å². The Kier molecular flexibility index (Phi) is 9.75. The van der Waals surface area contributed by atoms with E-state index in [9.17, 15) is 4.79 Å². The zero-order valence-electron chi connectivity index (χ0n) is 12.1. The Morgan fingerprint density at radius 3 is 2.06 bits per heavy atom. The molecule has 0 aliphatic rings. The maximum atomic E-state index is 10.7. The van der Waals surface area contributed by atoms with E-state index >= 15 is 0 Å². The summed E-state index contributed by atoms with van der Waals surface area (Å²) >= 11 is 0. The molecule has 0 aromatic rings. The molecule has 1 atom stereocenters. The molecular weight excluding hydrogens is 228 g/mol. The van der Waals surface area contributed by atoms with E-state index in [-0.39, 0.29) is 6.10 Å². The van der Waals surface area contributed by atoms with Crippen molar-refractivity contribution in [1.82, 2.24) is 0 Å². The van der Waals surface area contributed by atoms with Gasteiger partial charge in [0.15, 0.2) is 8.32 Å². The zero-order chi connectivity index (χ0) is 13.1. The highest BCUT2D eigenvalue weighted by atomic mass is 28.4. The van der Waals surface area contributed by atoms with Gasteiger partial charge in [0.25, 0.3) is 0 Å². The van der Waals surface area contributed by atoms with Gasteiger partial charge in [-0.15, -0.1) is 0 Å². The Balaban J connectivity index is 4.32. The van der Waals surface area contributed by atoms with Crippen LogP contribution in [0.1, 0.15) is 59.8 Å². The first-order valence-electron chi connectivity index (χ1n) is 7.29. The van der Waals surface area contributed by atoms with Crippen molar-refractivity contribution in [3.63, 3.8) is 0 Å². The largest absolute Gasteiger partial charge is 0.414 e. The van der Waals surface area contributed by atoms with Crippen molar-refractivity contribution in [2.75, 3.05) is 0 Å². The van der Waals surface area contributed by atoms with Crippen LogP contribution in [0.3, 0.4) is 0 Å². The first-order chi connectivity index (χ1) is 8.17. The number of rotatable bonds is 11. The van der Waals surface area contributed by atoms with Crippen molar-refractivity contribution in [2.45, 2.75) is 84.0 Å². The number of aldehydes is 1. The second kappa shape index (κ2) is 9.83. The second-order valence-corrected chi connectivity index (χ2v) is 9.60. The standard InChI is InChI=1S/C14H30O2Si/c1-5-9-10-11-14(12-13-15)16-17(6-2,7-3)8-4/h13-14H,5-12H2,1-4H3/t14-/m1/s1. The molecule has 0 rings (SSSR count). The summed E-state index contributed by atoms with van der Waals surface area (Å²) in [5.74, 6) is 0. The van der Waals surface area contributed by atoms with E-state index in [1.54, 1.807) is 0 Å². The molecule has 0 aromatic carbocycles. The molecule has 0 saturated heterocycles. The normalized spacial score (nSPS) is 13.6. The third-order valence-corrected chi connectivity index (χ3v) is 8.54. The fraction of sp³-hybridized carbons (Fsp3) is 0.929. The highest BCUT2D eigenvalue weighted by Crippen LogP contribution is 2.25. The average molecular weight is 258 g/mol. The third kappa shape index (κ3) is 6.37. The van der Waals surface area contributed by atoms with Crippen molar-refractivity contribution in [3.8, 4) is 0 Å². The quantitative estimate of drug-likeness (QED) is 0.309. The lowest BCUT2D eigenvalue weighted by Gasteiger charge is -2.32. The van der Waals surface area contributed by atoms with Gasteiger partial charge >= 0.3 is 0 Å². The van der Waals surface area contributed by atoms with Crippen molar-refractivity contribution in [2.24, 2.45) is 0 Å². The molecule has 102 valence electrons. The SMILES string of the molecule is CCCCC[C@H](CC=O)O[Si](CC)(CC)CC. The lowest BCUT2D eigenvalue weighted by Crippen LogP contribution is -2.40. The molecule has 0 fully saturated rings. The summed E-state index contributed by atoms with van der Waals surface area (Å²) in [5.41, 5.74) is 0. The fourth-order valence-corrected chi connectivity index (χ4v) is 5.23. The molecule has 17 heavy (non-hydrogen) atoms. The van der Waals surface area contributed by atoms with Crippen LogP contribution in [0.4, 0.5) is 0 Å². The monoisotopic (exact) mass is 258 g/mol. The van der Waals surface area contributed by atoms with Crippen LogP contribution in [0.25, 0.3) is 0 Å². The van der Waals surface area contributed by atoms with E-state index in [2.05, 4.69) is 27.7 Å². The van der Waals surface area contributed by atoms with Crippen molar-refractivity contribution in [1.29, 1.82) is 0 Å². The Bertz CT molecular complexity index is 182. The molecule has 0 unspecified atom stereocenters. The van der Waals surface area contributed by atoms with Gasteiger partial charge in [-0.25, -0.2) is 0 Å². The predicted molar refractivity (Wildman–Crippen MR) is 76.9 cm³/mol. The smallest absolute Gasteiger partial charge is 0.192 e. The maximum absolute atomic E-state index is 10.7. The van der Waals surface area contributed by atoms with E-state index < -0.39 is 8.32 Å². The van der Waals surface area contributed by atoms with Crippen LogP contribution in [0, 0.1) is 0 Å². The molecule has 0 aliphatic carbocycles. The van der Waals surface area contributed by atoms with Gasteiger partial charge in [-0.1, -0.05) is 47.0 Å². The molecule has 3 heteroatoms. The predicted octanol–water partition coefficient (Wildman–Crippen LogP) is 4.55. The van der Waals surface area contributed by atoms with Crippen molar-refractivity contribution >= 4 is 14.6 Å². The van der Waals surface area contributed by atoms with E-state index in [1.807, 2.05) is 0 Å². The third-order valence-electron chi connectivity index (χ3n) is 3.84. The molecule has 0 bridgehead atoms. The Morgan fingerprint density at radius 2 is 1.65 bits per heavy atom. The van der Waals surface area contributed by atoms with E-state index in [0.29, 0.717) is 6.42 Å². The van der Waals surface area contributed by atoms with Gasteiger partial charge < -0.3 is 9.22 Å². The van der Waals surface area contributed by atoms with Gasteiger partial charge in [-0.2, -0.15) is 0 Å². The summed E-state index contributed by atoms with van der Waals surface area (Å²) in [5, 5.41) is 0. The molecule has 0 N–H and O–H groups in total. The van der Waals surface area contributed by atoms with Gasteiger partial charge in [-0.3, -0.25) is 0 Å². The minimum atomic E-state index is -1.54. The van der Waals surface area contributed by atoms with Gasteiger partial charge in [0.2, 0.25) is 0 Å². The Labute approximate surface area is 108 Å². The highest BCUT2D eigenvalue weighted by molar-refractivity contribution is 6.73. The average Bonchev–Trinajstić information content (AvgIpc) is 2.36. The first kappa shape index (κ1) is 16.8. The zero-order valence-corrected chi connectivity index (χ0v) is 13.1. The molecule has 0 amide bonds. The van der Waals surface area contributed by atoms with Crippen LogP contribution in [0.2, 0.25) is 18.1 Å². The number of carbonyl (C=O) groups is 1. The van der Waals surface area contributed by atoms with Gasteiger partial charge in [0, 0.05) is 6.42 Å². The number of unbranched alkanes of at least 4 members (excludes halogenated alkanes) is 2. The van der Waals surface area contributed by atoms with E-state index in [4.69, 9.17) is 4.43 Å². The van der Waals surface area contributed by atoms with Gasteiger partial charge in [0.1, 0.15) is 6.29 Å². The molecule has 0 heterocycles. The fourth-order valence-electron chi connectivity index (χ4n) is 2.31. The summed E-state index contributed by atoms with van der Waals surface area (Å²) in [6, 6.07) is 3.51. The minimum absolute atomic E-state index is 0.186. The number of carbonyl (C=O) groups excluding carboxylic acids is 1. The maximum Gasteiger partial charge on any atom is 0.192 e. The minimum Gasteiger partial charge on any atom is -0.414 e. The topological polar surface area (TPSA) is 26.3 Å². The van der Waals surface area contributed by atoms with Crippen LogP contribution in [-0.4, -0.2) is 20.7 Å². The summed E-state index contributed by atoms with van der Waals surface area (Å²) < 4.78 is 6.38. The molecule has 0 radical (unpaired) electrons. The van der Waals surface area contributed by atoms with Crippen LogP contribution in [0.5, 0.6) is 0 Å². The Morgan fingerprint density at radius 1 is 1.06 bits per heavy atom. The van der Waals surface area contributed by atoms with E-state index in [1.165, 1.54) is 37.4 Å². The summed E-state index contributed by atoms with van der Waals surface area (Å²) in [6.45, 7) is 8.93. The molecular formula is C14H30O2Si. The Hall–Kier alpha value is -0.153. The molecule has 0 aliphatic heterocycles. The first-order valence-corrected chi connectivity index (χ1v) is 9.82. The molecule has 0 spiro atoms. The second-order valence-electron chi connectivity index (χ2n) is 4.88. The van der Waals surface area contributed by atoms with Crippen molar-refractivity contribution in [3.05, 3.63) is 0 Å². The van der Waals surface area contributed by atoms with Crippen LogP contribution in [-0.2, 0) is 9.22 Å². The van der Waals surface area contributed by atoms with E-state index in [0.717, 1.165) is 12.7 Å². The van der Waals surface area contributed by atoms with Crippen LogP contribution >= 0.6 is 0 Å². The number of hydrogen-bond acceptors (Lipinski definition) is 2. The molecule has 2 nitrogen and oxygen atoms in total. The summed E-state index contributed by atoms with van der Waals surface area (Å²) in [7, 11) is -1.54. The van der Waals surface area contributed by atoms with Crippen LogP contribution < -0.4 is 0 Å². The van der Waals surface area contributed by atoms with Gasteiger partial charge in [-0.05, 0) is 24.6 Å². The molecule has 0 aromatic heterocycles. The lowest BCUT2D eigenvalue weighted by molar-refractivity contribution is -0.109. The summed E-state index contributed by atoms with van der Waals surface area (Å²) in [6.07, 6.45) is 6.52. The molecule has 0 saturated carbocycles.